The molecule has 0 aliphatic heterocycles. The van der Waals surface area contributed by atoms with Crippen LogP contribution in [0.2, 0.25) is 5.02 Å². The van der Waals surface area contributed by atoms with Crippen LogP contribution in [0, 0.1) is 0 Å². The van der Waals surface area contributed by atoms with Gasteiger partial charge in [0.2, 0.25) is 0 Å². The molecule has 1 nitrogen and oxygen atoms in total. The molecular weight excluding hydrogens is 208 g/mol. The van der Waals surface area contributed by atoms with E-state index < -0.39 is 0 Å². The zero-order chi connectivity index (χ0) is 11.1. The summed E-state index contributed by atoms with van der Waals surface area (Å²) >= 11 is 6.10. The monoisotopic (exact) mass is 226 g/mol. The lowest BCUT2D eigenvalue weighted by atomic mass is 10.0. The van der Waals surface area contributed by atoms with Crippen LogP contribution >= 0.6 is 11.6 Å². The highest BCUT2D eigenvalue weighted by molar-refractivity contribution is 6.31. The summed E-state index contributed by atoms with van der Waals surface area (Å²) in [5.74, 6) is 0. The highest BCUT2D eigenvalue weighted by Gasteiger charge is 2.09. The molecule has 1 unspecified atom stereocenters. The predicted octanol–water partition coefficient (Wildman–Crippen LogP) is 4.09. The second-order valence-corrected chi connectivity index (χ2v) is 4.20. The highest BCUT2D eigenvalue weighted by Crippen LogP contribution is 2.19. The lowest BCUT2D eigenvalue weighted by Gasteiger charge is -2.15. The van der Waals surface area contributed by atoms with Gasteiger partial charge in [-0.25, -0.2) is 0 Å². The molecule has 0 aliphatic rings. The smallest absolute Gasteiger partial charge is 0.0612 e. The molecule has 1 rings (SSSR count). The zero-order valence-corrected chi connectivity index (χ0v) is 10.3. The number of hydrogen-bond acceptors (Lipinski definition) is 1. The molecule has 1 aromatic rings. The summed E-state index contributed by atoms with van der Waals surface area (Å²) in [6.45, 7) is 2.20. The van der Waals surface area contributed by atoms with Crippen molar-refractivity contribution in [1.82, 2.24) is 0 Å². The van der Waals surface area contributed by atoms with Gasteiger partial charge in [-0.3, -0.25) is 0 Å². The maximum absolute atomic E-state index is 6.10. The number of hydrogen-bond donors (Lipinski definition) is 0. The Bertz CT molecular complexity index is 286. The molecule has 0 heterocycles. The van der Waals surface area contributed by atoms with E-state index in [1.807, 2.05) is 18.2 Å². The zero-order valence-electron chi connectivity index (χ0n) is 9.50. The second kappa shape index (κ2) is 6.86. The molecule has 0 spiro atoms. The molecule has 0 radical (unpaired) electrons. The predicted molar refractivity (Wildman–Crippen MR) is 65.5 cm³/mol. The summed E-state index contributed by atoms with van der Waals surface area (Å²) in [5.41, 5.74) is 1.18. The van der Waals surface area contributed by atoms with Crippen molar-refractivity contribution >= 4 is 11.6 Å². The van der Waals surface area contributed by atoms with Gasteiger partial charge in [0.05, 0.1) is 6.10 Å². The summed E-state index contributed by atoms with van der Waals surface area (Å²) < 4.78 is 5.45. The summed E-state index contributed by atoms with van der Waals surface area (Å²) in [4.78, 5) is 0. The minimum Gasteiger partial charge on any atom is -0.381 e. The molecule has 0 N–H and O–H groups in total. The van der Waals surface area contributed by atoms with Crippen LogP contribution in [-0.4, -0.2) is 13.2 Å². The molecule has 15 heavy (non-hydrogen) atoms. The number of benzene rings is 1. The van der Waals surface area contributed by atoms with Crippen molar-refractivity contribution in [3.63, 3.8) is 0 Å². The van der Waals surface area contributed by atoms with Gasteiger partial charge in [-0.15, -0.1) is 0 Å². The topological polar surface area (TPSA) is 9.23 Å². The van der Waals surface area contributed by atoms with Crippen LogP contribution in [0.3, 0.4) is 0 Å². The van der Waals surface area contributed by atoms with Crippen molar-refractivity contribution in [3.05, 3.63) is 34.9 Å². The quantitative estimate of drug-likeness (QED) is 0.710. The molecule has 0 saturated carbocycles. The summed E-state index contributed by atoms with van der Waals surface area (Å²) in [5, 5.41) is 0.844. The maximum Gasteiger partial charge on any atom is 0.0612 e. The Morgan fingerprint density at radius 1 is 1.33 bits per heavy atom. The molecule has 2 heteroatoms. The Morgan fingerprint density at radius 2 is 2.07 bits per heavy atom. The van der Waals surface area contributed by atoms with Crippen molar-refractivity contribution in [2.75, 3.05) is 7.11 Å². The van der Waals surface area contributed by atoms with Crippen LogP contribution in [0.15, 0.2) is 24.3 Å². The first-order chi connectivity index (χ1) is 7.27. The highest BCUT2D eigenvalue weighted by atomic mass is 35.5. The maximum atomic E-state index is 6.10. The summed E-state index contributed by atoms with van der Waals surface area (Å²) in [6, 6.07) is 7.98. The lowest BCUT2D eigenvalue weighted by molar-refractivity contribution is 0.0936. The average Bonchev–Trinajstić information content (AvgIpc) is 2.26. The summed E-state index contributed by atoms with van der Waals surface area (Å²) in [7, 11) is 1.77. The van der Waals surface area contributed by atoms with Crippen LogP contribution in [0.25, 0.3) is 0 Å². The van der Waals surface area contributed by atoms with Gasteiger partial charge < -0.3 is 4.74 Å². The molecule has 0 saturated heterocycles. The molecule has 0 aromatic heterocycles. The van der Waals surface area contributed by atoms with Crippen LogP contribution in [0.5, 0.6) is 0 Å². The minimum atomic E-state index is 0.296. The van der Waals surface area contributed by atoms with E-state index in [1.54, 1.807) is 7.11 Å². The minimum absolute atomic E-state index is 0.296. The normalized spacial score (nSPS) is 12.7. The van der Waals surface area contributed by atoms with E-state index in [2.05, 4.69) is 13.0 Å². The van der Waals surface area contributed by atoms with Crippen LogP contribution in [-0.2, 0) is 11.2 Å². The molecule has 0 bridgehead atoms. The Morgan fingerprint density at radius 3 is 2.67 bits per heavy atom. The Balaban J connectivity index is 2.54. The standard InChI is InChI=1S/C13H19ClO/c1-3-4-8-12(15-2)10-11-7-5-6-9-13(11)14/h5-7,9,12H,3-4,8,10H2,1-2H3. The van der Waals surface area contributed by atoms with Gasteiger partial charge in [0, 0.05) is 18.6 Å². The average molecular weight is 227 g/mol. The molecular formula is C13H19ClO. The van der Waals surface area contributed by atoms with Crippen LogP contribution in [0.1, 0.15) is 31.7 Å². The molecule has 0 fully saturated rings. The van der Waals surface area contributed by atoms with Gasteiger partial charge in [0.15, 0.2) is 0 Å². The number of methoxy groups -OCH3 is 1. The van der Waals surface area contributed by atoms with Gasteiger partial charge in [0.25, 0.3) is 0 Å². The third kappa shape index (κ3) is 4.23. The number of rotatable bonds is 6. The van der Waals surface area contributed by atoms with E-state index in [-0.39, 0.29) is 0 Å². The van der Waals surface area contributed by atoms with Crippen LogP contribution < -0.4 is 0 Å². The van der Waals surface area contributed by atoms with Gasteiger partial charge in [-0.1, -0.05) is 49.6 Å². The van der Waals surface area contributed by atoms with Crippen molar-refractivity contribution in [3.8, 4) is 0 Å². The fourth-order valence-electron chi connectivity index (χ4n) is 1.64. The SMILES string of the molecule is CCCCC(Cc1ccccc1Cl)OC. The van der Waals surface area contributed by atoms with Gasteiger partial charge in [-0.05, 0) is 18.1 Å². The van der Waals surface area contributed by atoms with Crippen molar-refractivity contribution < 1.29 is 4.74 Å². The van der Waals surface area contributed by atoms with Crippen molar-refractivity contribution in [1.29, 1.82) is 0 Å². The summed E-state index contributed by atoms with van der Waals surface area (Å²) in [6.07, 6.45) is 4.74. The van der Waals surface area contributed by atoms with E-state index in [0.29, 0.717) is 6.10 Å². The Kier molecular flexibility index (Phi) is 5.74. The van der Waals surface area contributed by atoms with Gasteiger partial charge >= 0.3 is 0 Å². The first kappa shape index (κ1) is 12.5. The third-order valence-electron chi connectivity index (χ3n) is 2.62. The molecule has 84 valence electrons. The lowest BCUT2D eigenvalue weighted by Crippen LogP contribution is -2.14. The van der Waals surface area contributed by atoms with Crippen LogP contribution in [0.4, 0.5) is 0 Å². The fourth-order valence-corrected chi connectivity index (χ4v) is 1.86. The van der Waals surface area contributed by atoms with E-state index in [0.717, 1.165) is 17.9 Å². The number of ether oxygens (including phenoxy) is 1. The van der Waals surface area contributed by atoms with Crippen molar-refractivity contribution in [2.45, 2.75) is 38.7 Å². The molecule has 1 aromatic carbocycles. The van der Waals surface area contributed by atoms with Gasteiger partial charge in [0.1, 0.15) is 0 Å². The fraction of sp³-hybridized carbons (Fsp3) is 0.538. The number of unbranched alkanes of at least 4 members (excludes halogenated alkanes) is 1. The van der Waals surface area contributed by atoms with E-state index >= 15 is 0 Å². The molecule has 1 atom stereocenters. The van der Waals surface area contributed by atoms with E-state index in [1.165, 1.54) is 18.4 Å². The molecule has 0 amide bonds. The van der Waals surface area contributed by atoms with E-state index in [9.17, 15) is 0 Å². The Labute approximate surface area is 97.4 Å². The van der Waals surface area contributed by atoms with E-state index in [4.69, 9.17) is 16.3 Å². The van der Waals surface area contributed by atoms with Gasteiger partial charge in [-0.2, -0.15) is 0 Å². The first-order valence-electron chi connectivity index (χ1n) is 5.54. The third-order valence-corrected chi connectivity index (χ3v) is 2.99. The van der Waals surface area contributed by atoms with Crippen molar-refractivity contribution in [2.24, 2.45) is 0 Å². The largest absolute Gasteiger partial charge is 0.381 e. The Hall–Kier alpha value is -0.530. The second-order valence-electron chi connectivity index (χ2n) is 3.80. The first-order valence-corrected chi connectivity index (χ1v) is 5.92. The number of halogens is 1. The molecule has 0 aliphatic carbocycles.